The van der Waals surface area contributed by atoms with Crippen molar-refractivity contribution in [3.8, 4) is 0 Å². The molecule has 120 valence electrons. The lowest BCUT2D eigenvalue weighted by Crippen LogP contribution is -1.98. The van der Waals surface area contributed by atoms with Crippen LogP contribution in [0.25, 0.3) is 16.3 Å². The minimum atomic E-state index is 0.548. The summed E-state index contributed by atoms with van der Waals surface area (Å²) in [5.41, 5.74) is 2.57. The third kappa shape index (κ3) is 3.12. The van der Waals surface area contributed by atoms with Crippen LogP contribution in [0.3, 0.4) is 0 Å². The molecule has 1 aliphatic rings. The Kier molecular flexibility index (Phi) is 4.42. The number of benzene rings is 1. The highest BCUT2D eigenvalue weighted by atomic mass is 32.1. The zero-order valence-electron chi connectivity index (χ0n) is 13.4. The third-order valence-electron chi connectivity index (χ3n) is 4.19. The van der Waals surface area contributed by atoms with Crippen LogP contribution in [0.5, 0.6) is 0 Å². The summed E-state index contributed by atoms with van der Waals surface area (Å²) in [4.78, 5) is 11.3. The standard InChI is InChI=1S/C19H18N4S/c1-2-7-14(8-3-1)9-6-12-22-23-18-17-15-10-4-5-11-16(15)24-19(17)21-13-20-18/h1-3,6-9,13H,4-5,10-12H2/b9-6+,23-22?. The first-order valence-corrected chi connectivity index (χ1v) is 9.08. The van der Waals surface area contributed by atoms with Gasteiger partial charge in [0, 0.05) is 4.88 Å². The molecule has 0 amide bonds. The van der Waals surface area contributed by atoms with E-state index in [0.29, 0.717) is 12.4 Å². The normalized spacial score (nSPS) is 14.7. The van der Waals surface area contributed by atoms with Crippen LogP contribution in [0.2, 0.25) is 0 Å². The lowest BCUT2D eigenvalue weighted by atomic mass is 9.97. The lowest BCUT2D eigenvalue weighted by molar-refractivity contribution is 0.700. The number of thiophene rings is 1. The number of hydrogen-bond acceptors (Lipinski definition) is 5. The van der Waals surface area contributed by atoms with Crippen LogP contribution < -0.4 is 0 Å². The Labute approximate surface area is 145 Å². The van der Waals surface area contributed by atoms with Crippen LogP contribution in [0.4, 0.5) is 5.82 Å². The van der Waals surface area contributed by atoms with Gasteiger partial charge in [-0.25, -0.2) is 9.97 Å². The SMILES string of the molecule is C(=C\c1ccccc1)/CN=Nc1ncnc2sc3c(c12)CCCC3. The van der Waals surface area contributed by atoms with Gasteiger partial charge in [0.2, 0.25) is 0 Å². The molecular formula is C19H18N4S. The smallest absolute Gasteiger partial charge is 0.186 e. The number of hydrogen-bond donors (Lipinski definition) is 0. The quantitative estimate of drug-likeness (QED) is 0.602. The van der Waals surface area contributed by atoms with Crippen LogP contribution in [0.1, 0.15) is 28.8 Å². The van der Waals surface area contributed by atoms with Crippen molar-refractivity contribution in [3.05, 3.63) is 58.7 Å². The molecule has 0 unspecified atom stereocenters. The second kappa shape index (κ2) is 7.01. The van der Waals surface area contributed by atoms with Crippen molar-refractivity contribution in [3.63, 3.8) is 0 Å². The molecule has 4 nitrogen and oxygen atoms in total. The maximum Gasteiger partial charge on any atom is 0.186 e. The molecule has 3 aromatic rings. The molecule has 0 N–H and O–H groups in total. The molecule has 0 saturated carbocycles. The maximum atomic E-state index is 4.42. The van der Waals surface area contributed by atoms with Gasteiger partial charge in [0.1, 0.15) is 11.2 Å². The highest BCUT2D eigenvalue weighted by Crippen LogP contribution is 2.38. The summed E-state index contributed by atoms with van der Waals surface area (Å²) in [6.07, 6.45) is 10.4. The van der Waals surface area contributed by atoms with E-state index in [0.717, 1.165) is 23.1 Å². The molecule has 1 aliphatic carbocycles. The Hall–Kier alpha value is -2.40. The van der Waals surface area contributed by atoms with Crippen LogP contribution >= 0.6 is 11.3 Å². The zero-order valence-corrected chi connectivity index (χ0v) is 14.2. The predicted molar refractivity (Wildman–Crippen MR) is 98.9 cm³/mol. The molecule has 2 aromatic heterocycles. The number of nitrogens with zero attached hydrogens (tertiary/aromatic N) is 4. The Morgan fingerprint density at radius 3 is 2.88 bits per heavy atom. The summed E-state index contributed by atoms with van der Waals surface area (Å²) in [5.74, 6) is 0.715. The zero-order chi connectivity index (χ0) is 16.2. The van der Waals surface area contributed by atoms with E-state index in [1.807, 2.05) is 24.3 Å². The molecule has 4 rings (SSSR count). The van der Waals surface area contributed by atoms with Crippen LogP contribution in [-0.2, 0) is 12.8 Å². The number of fused-ring (bicyclic) bond motifs is 3. The van der Waals surface area contributed by atoms with Gasteiger partial charge in [0.25, 0.3) is 0 Å². The average Bonchev–Trinajstić information content (AvgIpc) is 3.02. The molecule has 24 heavy (non-hydrogen) atoms. The van der Waals surface area contributed by atoms with Gasteiger partial charge in [-0.05, 0) is 36.8 Å². The van der Waals surface area contributed by atoms with Gasteiger partial charge in [-0.1, -0.05) is 42.5 Å². The van der Waals surface area contributed by atoms with Gasteiger partial charge in [-0.15, -0.1) is 16.5 Å². The van der Waals surface area contributed by atoms with Gasteiger partial charge < -0.3 is 0 Å². The van der Waals surface area contributed by atoms with E-state index in [2.05, 4.69) is 38.4 Å². The second-order valence-electron chi connectivity index (χ2n) is 5.83. The summed E-state index contributed by atoms with van der Waals surface area (Å²) >= 11 is 1.79. The highest BCUT2D eigenvalue weighted by molar-refractivity contribution is 7.18. The van der Waals surface area contributed by atoms with Crippen LogP contribution in [0, 0.1) is 0 Å². The fourth-order valence-corrected chi connectivity index (χ4v) is 4.28. The van der Waals surface area contributed by atoms with Crippen molar-refractivity contribution in [1.29, 1.82) is 0 Å². The van der Waals surface area contributed by atoms with Crippen molar-refractivity contribution < 1.29 is 0 Å². The minimum Gasteiger partial charge on any atom is -0.225 e. The first-order valence-electron chi connectivity index (χ1n) is 8.26. The van der Waals surface area contributed by atoms with E-state index in [-0.39, 0.29) is 0 Å². The molecule has 1 aromatic carbocycles. The molecule has 0 radical (unpaired) electrons. The summed E-state index contributed by atoms with van der Waals surface area (Å²) in [7, 11) is 0. The van der Waals surface area contributed by atoms with Gasteiger partial charge in [0.15, 0.2) is 5.82 Å². The van der Waals surface area contributed by atoms with E-state index < -0.39 is 0 Å². The Morgan fingerprint density at radius 2 is 1.96 bits per heavy atom. The first kappa shape index (κ1) is 15.1. The van der Waals surface area contributed by atoms with Crippen molar-refractivity contribution in [2.45, 2.75) is 25.7 Å². The molecule has 0 aliphatic heterocycles. The topological polar surface area (TPSA) is 50.5 Å². The van der Waals surface area contributed by atoms with Crippen molar-refractivity contribution >= 4 is 33.4 Å². The fourth-order valence-electron chi connectivity index (χ4n) is 3.06. The van der Waals surface area contributed by atoms with E-state index in [4.69, 9.17) is 0 Å². The van der Waals surface area contributed by atoms with Crippen LogP contribution in [0.15, 0.2) is 53.0 Å². The Morgan fingerprint density at radius 1 is 1.08 bits per heavy atom. The Bertz CT molecular complexity index is 896. The summed E-state index contributed by atoms with van der Waals surface area (Å²) in [6.45, 7) is 0.548. The van der Waals surface area contributed by atoms with Crippen molar-refractivity contribution in [1.82, 2.24) is 9.97 Å². The highest BCUT2D eigenvalue weighted by Gasteiger charge is 2.19. The fraction of sp³-hybridized carbons (Fsp3) is 0.263. The van der Waals surface area contributed by atoms with E-state index in [1.165, 1.54) is 28.8 Å². The summed E-state index contributed by atoms with van der Waals surface area (Å²) in [6, 6.07) is 10.2. The monoisotopic (exact) mass is 334 g/mol. The molecule has 0 spiro atoms. The molecule has 2 heterocycles. The molecule has 0 bridgehead atoms. The lowest BCUT2D eigenvalue weighted by Gasteiger charge is -2.10. The predicted octanol–water partition coefficient (Wildman–Crippen LogP) is 5.37. The van der Waals surface area contributed by atoms with Crippen molar-refractivity contribution in [2.75, 3.05) is 6.54 Å². The van der Waals surface area contributed by atoms with E-state index >= 15 is 0 Å². The first-order chi connectivity index (χ1) is 11.9. The van der Waals surface area contributed by atoms with Crippen LogP contribution in [-0.4, -0.2) is 16.5 Å². The maximum absolute atomic E-state index is 4.42. The number of aromatic nitrogens is 2. The molecular weight excluding hydrogens is 316 g/mol. The molecule has 5 heteroatoms. The number of rotatable bonds is 4. The molecule has 0 fully saturated rings. The van der Waals surface area contributed by atoms with E-state index in [9.17, 15) is 0 Å². The average molecular weight is 334 g/mol. The Balaban J connectivity index is 1.54. The third-order valence-corrected chi connectivity index (χ3v) is 5.39. The summed E-state index contributed by atoms with van der Waals surface area (Å²) in [5, 5.41) is 9.78. The minimum absolute atomic E-state index is 0.548. The van der Waals surface area contributed by atoms with Gasteiger partial charge in [0.05, 0.1) is 11.9 Å². The largest absolute Gasteiger partial charge is 0.225 e. The van der Waals surface area contributed by atoms with Gasteiger partial charge >= 0.3 is 0 Å². The molecule has 0 atom stereocenters. The number of azo groups is 1. The number of aryl methyl sites for hydroxylation is 2. The molecule has 0 saturated heterocycles. The van der Waals surface area contributed by atoms with E-state index in [1.54, 1.807) is 17.7 Å². The van der Waals surface area contributed by atoms with Crippen molar-refractivity contribution in [2.24, 2.45) is 10.2 Å². The summed E-state index contributed by atoms with van der Waals surface area (Å²) < 4.78 is 0. The van der Waals surface area contributed by atoms with Gasteiger partial charge in [-0.2, -0.15) is 5.11 Å². The second-order valence-corrected chi connectivity index (χ2v) is 6.91. The van der Waals surface area contributed by atoms with Gasteiger partial charge in [-0.3, -0.25) is 0 Å².